The third-order valence-corrected chi connectivity index (χ3v) is 9.31. The Bertz CT molecular complexity index is 1700. The maximum Gasteiger partial charge on any atom is 0.416 e. The lowest BCUT2D eigenvalue weighted by Gasteiger charge is -2.34. The quantitative estimate of drug-likeness (QED) is 0.332. The number of hydrogen-bond acceptors (Lipinski definition) is 7. The minimum atomic E-state index is -4.45. The molecule has 3 heterocycles. The zero-order valence-electron chi connectivity index (χ0n) is 22.8. The smallest absolute Gasteiger partial charge is 0.416 e. The number of halogens is 3. The summed E-state index contributed by atoms with van der Waals surface area (Å²) < 4.78 is 76.4. The number of rotatable bonds is 5. The van der Waals surface area contributed by atoms with Crippen molar-refractivity contribution in [3.05, 3.63) is 95.3 Å². The fourth-order valence-electron chi connectivity index (χ4n) is 5.16. The molecule has 42 heavy (non-hydrogen) atoms. The normalized spacial score (nSPS) is 17.6. The van der Waals surface area contributed by atoms with E-state index < -0.39 is 21.8 Å². The summed E-state index contributed by atoms with van der Waals surface area (Å²) in [5, 5.41) is 8.18. The van der Waals surface area contributed by atoms with Crippen molar-refractivity contribution < 1.29 is 26.3 Å². The average molecular weight is 599 g/mol. The van der Waals surface area contributed by atoms with Crippen LogP contribution in [-0.4, -0.2) is 65.8 Å². The van der Waals surface area contributed by atoms with Gasteiger partial charge in [0.15, 0.2) is 0 Å². The van der Waals surface area contributed by atoms with Crippen LogP contribution in [0.25, 0.3) is 0 Å². The second kappa shape index (κ2) is 11.0. The van der Waals surface area contributed by atoms with E-state index in [1.807, 2.05) is 30.3 Å². The number of para-hydroxylation sites is 1. The number of fused-ring (bicyclic) bond motifs is 2. The maximum absolute atomic E-state index is 14.0. The second-order valence-electron chi connectivity index (χ2n) is 10.5. The summed E-state index contributed by atoms with van der Waals surface area (Å²) in [4.78, 5) is 4.50. The van der Waals surface area contributed by atoms with Gasteiger partial charge >= 0.3 is 6.18 Å². The Morgan fingerprint density at radius 1 is 0.905 bits per heavy atom. The number of anilines is 1. The number of sulfonamides is 1. The van der Waals surface area contributed by atoms with E-state index in [1.165, 1.54) is 15.1 Å². The summed E-state index contributed by atoms with van der Waals surface area (Å²) in [5.74, 6) is 0.805. The van der Waals surface area contributed by atoms with Crippen molar-refractivity contribution in [3.63, 3.8) is 0 Å². The van der Waals surface area contributed by atoms with Crippen molar-refractivity contribution in [2.45, 2.75) is 30.7 Å². The van der Waals surface area contributed by atoms with Crippen LogP contribution >= 0.6 is 0 Å². The Balaban J connectivity index is 1.29. The van der Waals surface area contributed by atoms with Crippen molar-refractivity contribution in [2.24, 2.45) is 0 Å². The maximum atomic E-state index is 14.0. The third-order valence-electron chi connectivity index (χ3n) is 7.48. The van der Waals surface area contributed by atoms with Gasteiger partial charge in [0.2, 0.25) is 10.0 Å². The Kier molecular flexibility index (Phi) is 7.41. The van der Waals surface area contributed by atoms with E-state index in [-0.39, 0.29) is 30.3 Å². The van der Waals surface area contributed by atoms with Crippen molar-refractivity contribution >= 4 is 15.7 Å². The highest BCUT2D eigenvalue weighted by Crippen LogP contribution is 2.39. The highest BCUT2D eigenvalue weighted by Gasteiger charge is 2.33. The molecule has 0 radical (unpaired) electrons. The fraction of sp³-hybridized carbons (Fsp3) is 0.310. The minimum absolute atomic E-state index is 0.0403. The molecule has 0 bridgehead atoms. The Morgan fingerprint density at radius 2 is 1.69 bits per heavy atom. The van der Waals surface area contributed by atoms with E-state index in [4.69, 9.17) is 4.74 Å². The topological polar surface area (TPSA) is 83.8 Å². The monoisotopic (exact) mass is 598 g/mol. The zero-order chi connectivity index (χ0) is 29.5. The van der Waals surface area contributed by atoms with E-state index in [0.29, 0.717) is 22.6 Å². The summed E-state index contributed by atoms with van der Waals surface area (Å²) in [6, 6.07) is 17.4. The first kappa shape index (κ1) is 28.2. The molecule has 1 aromatic heterocycles. The molecular weight excluding hydrogens is 569 g/mol. The SMILES string of the molecule is CN1CCN(c2ccc3c(c2)Oc2ccccc2CN(Cc2cn(Cc4cccc(C(F)(F)F)c4)nn2)S3(=O)=O)CC1. The lowest BCUT2D eigenvalue weighted by atomic mass is 10.1. The molecule has 220 valence electrons. The molecule has 0 spiro atoms. The van der Waals surface area contributed by atoms with Crippen molar-refractivity contribution in [1.82, 2.24) is 24.2 Å². The molecule has 0 unspecified atom stereocenters. The summed E-state index contributed by atoms with van der Waals surface area (Å²) in [5.41, 5.74) is 1.59. The summed E-state index contributed by atoms with van der Waals surface area (Å²) in [7, 11) is -1.96. The third kappa shape index (κ3) is 5.85. The Morgan fingerprint density at radius 3 is 2.48 bits per heavy atom. The number of piperazine rings is 1. The van der Waals surface area contributed by atoms with Crippen molar-refractivity contribution in [1.29, 1.82) is 0 Å². The van der Waals surface area contributed by atoms with Crippen molar-refractivity contribution in [2.75, 3.05) is 38.1 Å². The molecule has 0 saturated carbocycles. The first-order chi connectivity index (χ1) is 20.1. The molecule has 2 aliphatic rings. The number of nitrogens with zero attached hydrogens (tertiary/aromatic N) is 6. The molecule has 13 heteroatoms. The second-order valence-corrected chi connectivity index (χ2v) is 12.4. The predicted molar refractivity (Wildman–Crippen MR) is 150 cm³/mol. The van der Waals surface area contributed by atoms with Crippen LogP contribution in [0.5, 0.6) is 11.5 Å². The van der Waals surface area contributed by atoms with E-state index in [1.54, 1.807) is 24.4 Å². The molecule has 0 atom stereocenters. The Hall–Kier alpha value is -3.94. The standard InChI is InChI=1S/C29H29F3N6O3S/c1-35-11-13-36(14-12-35)25-9-10-28-27(16-25)41-26-8-3-2-6-22(26)18-38(42(28,39)40)20-24-19-37(34-33-24)17-21-5-4-7-23(15-21)29(30,31)32/h2-10,15-16,19H,11-14,17-18,20H2,1H3. The lowest BCUT2D eigenvalue weighted by Crippen LogP contribution is -2.44. The summed E-state index contributed by atoms with van der Waals surface area (Å²) in [6.45, 7) is 3.46. The minimum Gasteiger partial charge on any atom is -0.456 e. The molecule has 3 aromatic carbocycles. The number of ether oxygens (including phenoxy) is 1. The number of benzene rings is 3. The molecule has 0 N–H and O–H groups in total. The molecule has 0 amide bonds. The summed E-state index contributed by atoms with van der Waals surface area (Å²) >= 11 is 0. The number of likely N-dealkylation sites (N-methyl/N-ethyl adjacent to an activating group) is 1. The van der Waals surface area contributed by atoms with Gasteiger partial charge in [-0.05, 0) is 42.9 Å². The fourth-order valence-corrected chi connectivity index (χ4v) is 6.64. The summed E-state index contributed by atoms with van der Waals surface area (Å²) in [6.07, 6.45) is -2.90. The number of aromatic nitrogens is 3. The first-order valence-electron chi connectivity index (χ1n) is 13.4. The molecule has 2 aliphatic heterocycles. The van der Waals surface area contributed by atoms with Crippen LogP contribution in [0.4, 0.5) is 18.9 Å². The van der Waals surface area contributed by atoms with Crippen LogP contribution < -0.4 is 9.64 Å². The molecule has 0 aliphatic carbocycles. The highest BCUT2D eigenvalue weighted by molar-refractivity contribution is 7.89. The van der Waals surface area contributed by atoms with Gasteiger partial charge in [0.1, 0.15) is 16.4 Å². The number of alkyl halides is 3. The van der Waals surface area contributed by atoms with Gasteiger partial charge in [-0.25, -0.2) is 13.1 Å². The van der Waals surface area contributed by atoms with E-state index in [0.717, 1.165) is 44.0 Å². The van der Waals surface area contributed by atoms with E-state index in [9.17, 15) is 21.6 Å². The van der Waals surface area contributed by atoms with Gasteiger partial charge < -0.3 is 14.5 Å². The van der Waals surface area contributed by atoms with Crippen LogP contribution in [0.15, 0.2) is 77.8 Å². The predicted octanol–water partition coefficient (Wildman–Crippen LogP) is 4.59. The van der Waals surface area contributed by atoms with Crippen LogP contribution in [0.2, 0.25) is 0 Å². The van der Waals surface area contributed by atoms with Crippen LogP contribution in [0.3, 0.4) is 0 Å². The largest absolute Gasteiger partial charge is 0.456 e. The zero-order valence-corrected chi connectivity index (χ0v) is 23.6. The molecule has 6 rings (SSSR count). The molecule has 9 nitrogen and oxygen atoms in total. The molecule has 1 saturated heterocycles. The molecular formula is C29H29F3N6O3S. The molecule has 4 aromatic rings. The van der Waals surface area contributed by atoms with Crippen LogP contribution in [0, 0.1) is 0 Å². The first-order valence-corrected chi connectivity index (χ1v) is 14.9. The van der Waals surface area contributed by atoms with Crippen LogP contribution in [0.1, 0.15) is 22.4 Å². The van der Waals surface area contributed by atoms with E-state index in [2.05, 4.69) is 27.2 Å². The van der Waals surface area contributed by atoms with Gasteiger partial charge in [-0.2, -0.15) is 17.5 Å². The van der Waals surface area contributed by atoms with Gasteiger partial charge in [0, 0.05) is 50.0 Å². The van der Waals surface area contributed by atoms with Gasteiger partial charge in [-0.3, -0.25) is 0 Å². The van der Waals surface area contributed by atoms with E-state index >= 15 is 0 Å². The van der Waals surface area contributed by atoms with Crippen LogP contribution in [-0.2, 0) is 35.8 Å². The molecule has 1 fully saturated rings. The number of hydrogen-bond donors (Lipinski definition) is 0. The van der Waals surface area contributed by atoms with Crippen molar-refractivity contribution in [3.8, 4) is 11.5 Å². The lowest BCUT2D eigenvalue weighted by molar-refractivity contribution is -0.137. The van der Waals surface area contributed by atoms with Gasteiger partial charge in [0.05, 0.1) is 30.5 Å². The average Bonchev–Trinajstić information content (AvgIpc) is 3.39. The van der Waals surface area contributed by atoms with Gasteiger partial charge in [0.25, 0.3) is 0 Å². The highest BCUT2D eigenvalue weighted by atomic mass is 32.2. The van der Waals surface area contributed by atoms with Gasteiger partial charge in [-0.15, -0.1) is 5.10 Å². The van der Waals surface area contributed by atoms with Gasteiger partial charge in [-0.1, -0.05) is 35.5 Å². The Labute approximate surface area is 241 Å².